The molecule has 56 heavy (non-hydrogen) atoms. The predicted octanol–water partition coefficient (Wildman–Crippen LogP) is 6.19. The number of aromatic nitrogens is 5. The number of piperidine rings is 2. The molecule has 9 rings (SSSR count). The molecule has 7 heterocycles. The van der Waals surface area contributed by atoms with Crippen LogP contribution in [0.4, 0.5) is 16.0 Å². The number of likely N-dealkylation sites (tertiary alicyclic amines) is 1. The van der Waals surface area contributed by atoms with Crippen LogP contribution in [0.25, 0.3) is 32.9 Å². The number of nitrogens with zero attached hydrogens (tertiary/aromatic N) is 8. The largest absolute Gasteiger partial charge is 0.508 e. The number of aromatic hydroxyl groups is 1. The molecule has 2 unspecified atom stereocenters. The number of anilines is 2. The quantitative estimate of drug-likeness (QED) is 0.149. The Bertz CT molecular complexity index is 2190. The Morgan fingerprint density at radius 2 is 1.68 bits per heavy atom. The lowest BCUT2D eigenvalue weighted by Gasteiger charge is -2.37. The molecule has 0 aliphatic carbocycles. The molecule has 4 aliphatic heterocycles. The van der Waals surface area contributed by atoms with Crippen molar-refractivity contribution in [1.29, 1.82) is 0 Å². The Morgan fingerprint density at radius 1 is 0.911 bits per heavy atom. The van der Waals surface area contributed by atoms with Crippen LogP contribution in [0.5, 0.6) is 11.8 Å². The maximum absolute atomic E-state index is 16.9. The van der Waals surface area contributed by atoms with E-state index in [4.69, 9.17) is 19.7 Å². The van der Waals surface area contributed by atoms with E-state index in [2.05, 4.69) is 36.9 Å². The van der Waals surface area contributed by atoms with E-state index in [-0.39, 0.29) is 23.0 Å². The maximum atomic E-state index is 16.9. The third kappa shape index (κ3) is 7.46. The van der Waals surface area contributed by atoms with Gasteiger partial charge in [0.2, 0.25) is 0 Å². The van der Waals surface area contributed by atoms with E-state index in [1.807, 2.05) is 18.2 Å². The molecule has 0 radical (unpaired) electrons. The summed E-state index contributed by atoms with van der Waals surface area (Å²) in [5, 5.41) is 16.6. The lowest BCUT2D eigenvalue weighted by atomic mass is 9.83. The minimum atomic E-state index is -0.540. The third-order valence-electron chi connectivity index (χ3n) is 12.6. The number of carbonyl (C=O) groups is 1. The van der Waals surface area contributed by atoms with Crippen LogP contribution in [-0.2, 0) is 6.42 Å². The van der Waals surface area contributed by atoms with Gasteiger partial charge >= 0.3 is 6.01 Å². The Balaban J connectivity index is 0.877. The summed E-state index contributed by atoms with van der Waals surface area (Å²) in [5.74, 6) is 2.47. The zero-order valence-corrected chi connectivity index (χ0v) is 32.0. The third-order valence-corrected chi connectivity index (χ3v) is 12.6. The van der Waals surface area contributed by atoms with Gasteiger partial charge in [-0.1, -0.05) is 25.1 Å². The topological polar surface area (TPSA) is 133 Å². The summed E-state index contributed by atoms with van der Waals surface area (Å²) in [6.07, 6.45) is 14.6. The number of hydrogen-bond acceptors (Lipinski definition) is 12. The summed E-state index contributed by atoms with van der Waals surface area (Å²) in [6.45, 7) is 8.79. The van der Waals surface area contributed by atoms with Crippen LogP contribution < -0.4 is 19.9 Å². The Morgan fingerprint density at radius 3 is 2.39 bits per heavy atom. The van der Waals surface area contributed by atoms with Crippen LogP contribution in [0.3, 0.4) is 0 Å². The molecule has 4 aliphatic rings. The normalized spacial score (nSPS) is 21.0. The zero-order chi connectivity index (χ0) is 38.2. The highest BCUT2D eigenvalue weighted by Gasteiger charge is 2.34. The molecule has 2 N–H and O–H groups in total. The number of phenols is 1. The van der Waals surface area contributed by atoms with Gasteiger partial charge in [0.1, 0.15) is 40.9 Å². The van der Waals surface area contributed by atoms with Gasteiger partial charge in [-0.2, -0.15) is 9.97 Å². The molecule has 2 aromatic carbocycles. The molecule has 0 amide bonds. The summed E-state index contributed by atoms with van der Waals surface area (Å²) >= 11 is 0. The number of phenolic OH excluding ortho intramolecular Hbond substituents is 1. The second kappa shape index (κ2) is 15.9. The maximum Gasteiger partial charge on any atom is 0.319 e. The monoisotopic (exact) mass is 759 g/mol. The van der Waals surface area contributed by atoms with E-state index in [0.29, 0.717) is 41.2 Å². The summed E-state index contributed by atoms with van der Waals surface area (Å²) in [6, 6.07) is 10.2. The van der Waals surface area contributed by atoms with Crippen LogP contribution in [0.15, 0.2) is 48.9 Å². The van der Waals surface area contributed by atoms with Crippen molar-refractivity contribution in [2.75, 3.05) is 62.2 Å². The van der Waals surface area contributed by atoms with Gasteiger partial charge in [-0.25, -0.2) is 14.4 Å². The molecule has 13 heteroatoms. The van der Waals surface area contributed by atoms with Gasteiger partial charge in [0.25, 0.3) is 0 Å². The molecule has 3 aromatic heterocycles. The molecular weight excluding hydrogens is 710 g/mol. The Labute approximate surface area is 326 Å². The first-order chi connectivity index (χ1) is 27.4. The number of halogens is 1. The first-order valence-corrected chi connectivity index (χ1v) is 20.4. The number of aldehydes is 1. The van der Waals surface area contributed by atoms with Crippen molar-refractivity contribution >= 4 is 39.6 Å². The van der Waals surface area contributed by atoms with Crippen molar-refractivity contribution in [1.82, 2.24) is 35.1 Å². The fraction of sp³-hybridized carbons (Fsp3) is 0.488. The molecule has 292 valence electrons. The van der Waals surface area contributed by atoms with E-state index in [1.165, 1.54) is 19.3 Å². The van der Waals surface area contributed by atoms with Gasteiger partial charge in [-0.3, -0.25) is 14.7 Å². The number of rotatable bonds is 11. The van der Waals surface area contributed by atoms with Crippen molar-refractivity contribution < 1.29 is 19.0 Å². The second-order valence-electron chi connectivity index (χ2n) is 16.1. The molecule has 2 atom stereocenters. The Hall–Kier alpha value is -5.01. The number of benzene rings is 2. The van der Waals surface area contributed by atoms with Crippen molar-refractivity contribution in [2.24, 2.45) is 11.8 Å². The lowest BCUT2D eigenvalue weighted by molar-refractivity contribution is 0.111. The number of fused-ring (bicyclic) bond motifs is 4. The smallest absolute Gasteiger partial charge is 0.319 e. The van der Waals surface area contributed by atoms with Gasteiger partial charge in [0.05, 0.1) is 17.8 Å². The minimum absolute atomic E-state index is 0.0613. The fourth-order valence-corrected chi connectivity index (χ4v) is 9.59. The van der Waals surface area contributed by atoms with Gasteiger partial charge in [0, 0.05) is 56.6 Å². The molecule has 0 saturated carbocycles. The summed E-state index contributed by atoms with van der Waals surface area (Å²) in [4.78, 5) is 40.8. The van der Waals surface area contributed by atoms with E-state index in [1.54, 1.807) is 30.7 Å². The average Bonchev–Trinajstić information content (AvgIpc) is 3.57. The van der Waals surface area contributed by atoms with Gasteiger partial charge in [-0.05, 0) is 105 Å². The SMILES string of the molecule is CCc1cccc2cc(O)cc(-c3ncc4c(N5CC6CCC(C5)N6)nc(OCCN5CCC(CC6CCN(c7cnc(C=O)cn7)CC6)CC5)nc4c3F)c12. The Kier molecular flexibility index (Phi) is 10.4. The number of nitrogens with one attached hydrogen (secondary N) is 1. The number of pyridine rings is 1. The van der Waals surface area contributed by atoms with Crippen LogP contribution in [-0.4, -0.2) is 106 Å². The van der Waals surface area contributed by atoms with Crippen LogP contribution in [0.2, 0.25) is 0 Å². The van der Waals surface area contributed by atoms with Crippen molar-refractivity contribution in [3.63, 3.8) is 0 Å². The summed E-state index contributed by atoms with van der Waals surface area (Å²) in [5.41, 5.74) is 2.31. The van der Waals surface area contributed by atoms with Crippen LogP contribution >= 0.6 is 0 Å². The summed E-state index contributed by atoms with van der Waals surface area (Å²) < 4.78 is 23.2. The van der Waals surface area contributed by atoms with Gasteiger partial charge in [0.15, 0.2) is 12.1 Å². The number of carbonyl (C=O) groups excluding carboxylic acids is 1. The standard InChI is InChI=1S/C43H50FN9O3/c1-2-29-4-3-5-30-19-34(55)20-35(38(29)30)40-39(44)41-36(22-47-40)42(53-24-31-6-7-32(25-53)48-31)50-43(49-41)56-17-16-51-12-8-27(9-13-51)18-28-10-14-52(15-11-28)37-23-45-33(26-54)21-46-37/h3-5,19-23,26-28,31-32,48,55H,2,6-18,24-25H2,1H3. The molecule has 5 aromatic rings. The number of ether oxygens (including phenoxy) is 1. The second-order valence-corrected chi connectivity index (χ2v) is 16.1. The van der Waals surface area contributed by atoms with E-state index >= 15 is 4.39 Å². The highest BCUT2D eigenvalue weighted by molar-refractivity contribution is 6.01. The molecule has 12 nitrogen and oxygen atoms in total. The van der Waals surface area contributed by atoms with Crippen molar-refractivity contribution in [2.45, 2.75) is 70.4 Å². The molecule has 0 spiro atoms. The van der Waals surface area contributed by atoms with Crippen molar-refractivity contribution in [3.05, 3.63) is 66.0 Å². The number of piperazine rings is 1. The molecule has 4 saturated heterocycles. The summed E-state index contributed by atoms with van der Waals surface area (Å²) in [7, 11) is 0. The number of aryl methyl sites for hydroxylation is 1. The van der Waals surface area contributed by atoms with E-state index < -0.39 is 5.82 Å². The fourth-order valence-electron chi connectivity index (χ4n) is 9.59. The first kappa shape index (κ1) is 36.6. The highest BCUT2D eigenvalue weighted by atomic mass is 19.1. The molecular formula is C43H50FN9O3. The minimum Gasteiger partial charge on any atom is -0.508 e. The highest BCUT2D eigenvalue weighted by Crippen LogP contribution is 2.39. The van der Waals surface area contributed by atoms with Crippen molar-refractivity contribution in [3.8, 4) is 23.0 Å². The zero-order valence-electron chi connectivity index (χ0n) is 32.0. The van der Waals surface area contributed by atoms with Crippen LogP contribution in [0.1, 0.15) is 67.9 Å². The van der Waals surface area contributed by atoms with E-state index in [9.17, 15) is 9.90 Å². The van der Waals surface area contributed by atoms with Gasteiger partial charge < -0.3 is 25.0 Å². The molecule has 2 bridgehead atoms. The van der Waals surface area contributed by atoms with Gasteiger partial charge in [-0.15, -0.1) is 0 Å². The predicted molar refractivity (Wildman–Crippen MR) is 215 cm³/mol. The average molecular weight is 760 g/mol. The van der Waals surface area contributed by atoms with Crippen LogP contribution in [0, 0.1) is 17.7 Å². The van der Waals surface area contributed by atoms with E-state index in [0.717, 1.165) is 118 Å². The molecule has 4 fully saturated rings. The number of hydrogen-bond donors (Lipinski definition) is 2. The first-order valence-electron chi connectivity index (χ1n) is 20.4. The lowest BCUT2D eigenvalue weighted by Crippen LogP contribution is -2.51.